The van der Waals surface area contributed by atoms with Gasteiger partial charge in [0, 0.05) is 24.8 Å². The lowest BCUT2D eigenvalue weighted by Gasteiger charge is -2.25. The Morgan fingerprint density at radius 2 is 1.95 bits per heavy atom. The van der Waals surface area contributed by atoms with Crippen molar-refractivity contribution in [2.24, 2.45) is 11.7 Å². The molecule has 0 bridgehead atoms. The maximum atomic E-state index is 12.2. The number of nitrogens with one attached hydrogen (secondary N) is 1. The Hall–Kier alpha value is -1.40. The molecule has 1 fully saturated rings. The molecule has 0 aliphatic heterocycles. The van der Waals surface area contributed by atoms with Gasteiger partial charge >= 0.3 is 0 Å². The van der Waals surface area contributed by atoms with Gasteiger partial charge in [0.2, 0.25) is 5.91 Å². The molecule has 6 heteroatoms. The van der Waals surface area contributed by atoms with Gasteiger partial charge in [0.1, 0.15) is 0 Å². The van der Waals surface area contributed by atoms with Crippen molar-refractivity contribution in [2.45, 2.75) is 44.0 Å². The minimum atomic E-state index is -3.10. The summed E-state index contributed by atoms with van der Waals surface area (Å²) >= 11 is 0. The number of amides is 1. The highest BCUT2D eigenvalue weighted by Gasteiger charge is 2.25. The summed E-state index contributed by atoms with van der Waals surface area (Å²) in [5, 5.41) is 2.93. The Morgan fingerprint density at radius 3 is 2.59 bits per heavy atom. The molecule has 1 amide bonds. The quantitative estimate of drug-likeness (QED) is 0.856. The molecule has 0 spiro atoms. The Kier molecular flexibility index (Phi) is 5.58. The molecule has 2 rings (SSSR count). The molecule has 0 saturated heterocycles. The van der Waals surface area contributed by atoms with E-state index < -0.39 is 9.84 Å². The summed E-state index contributed by atoms with van der Waals surface area (Å²) in [6.07, 6.45) is 4.80. The van der Waals surface area contributed by atoms with E-state index in [1.165, 1.54) is 6.26 Å². The molecule has 2 atom stereocenters. The molecule has 2 unspecified atom stereocenters. The maximum Gasteiger partial charge on any atom is 0.223 e. The summed E-state index contributed by atoms with van der Waals surface area (Å²) in [5.74, 6) is -0.0111. The second kappa shape index (κ2) is 7.24. The monoisotopic (exact) mass is 324 g/mol. The second-order valence-electron chi connectivity index (χ2n) is 6.18. The molecule has 1 aromatic rings. The summed E-state index contributed by atoms with van der Waals surface area (Å²) in [7, 11) is -3.10. The van der Waals surface area contributed by atoms with Crippen LogP contribution in [0.5, 0.6) is 0 Å². The number of carbonyl (C=O) groups excluding carboxylic acids is 1. The number of nitrogens with two attached hydrogens (primary N) is 1. The van der Waals surface area contributed by atoms with Crippen LogP contribution >= 0.6 is 0 Å². The van der Waals surface area contributed by atoms with Gasteiger partial charge < -0.3 is 11.1 Å². The number of carbonyl (C=O) groups is 1. The summed E-state index contributed by atoms with van der Waals surface area (Å²) < 4.78 is 22.9. The highest BCUT2D eigenvalue weighted by molar-refractivity contribution is 7.89. The second-order valence-corrected chi connectivity index (χ2v) is 8.32. The summed E-state index contributed by atoms with van der Waals surface area (Å²) in [5.41, 5.74) is 7.51. The predicted molar refractivity (Wildman–Crippen MR) is 86.8 cm³/mol. The number of sulfone groups is 1. The van der Waals surface area contributed by atoms with E-state index in [0.717, 1.165) is 36.8 Å². The molecular formula is C16H24N2O3S. The summed E-state index contributed by atoms with van der Waals surface area (Å²) in [6.45, 7) is 0.357. The standard InChI is InChI=1S/C16H24N2O3S/c1-22(20,21)11-14-6-3-2-5-13(14)10-18-16(19)12-7-4-8-15(17)9-12/h2-3,5-6,12,15H,4,7-11,17H2,1H3,(H,18,19). The fourth-order valence-electron chi connectivity index (χ4n) is 2.95. The highest BCUT2D eigenvalue weighted by Crippen LogP contribution is 2.23. The molecule has 0 aromatic heterocycles. The number of rotatable bonds is 5. The number of benzene rings is 1. The van der Waals surface area contributed by atoms with Gasteiger partial charge in [0.25, 0.3) is 0 Å². The first-order valence-electron chi connectivity index (χ1n) is 7.63. The van der Waals surface area contributed by atoms with Crippen LogP contribution in [0.3, 0.4) is 0 Å². The Labute approximate surface area is 132 Å². The number of hydrogen-bond donors (Lipinski definition) is 2. The molecule has 1 saturated carbocycles. The van der Waals surface area contributed by atoms with Gasteiger partial charge in [-0.25, -0.2) is 8.42 Å². The zero-order valence-corrected chi connectivity index (χ0v) is 13.7. The van der Waals surface area contributed by atoms with Crippen LogP contribution in [0.1, 0.15) is 36.8 Å². The first-order valence-corrected chi connectivity index (χ1v) is 9.69. The average molecular weight is 324 g/mol. The zero-order chi connectivity index (χ0) is 16.2. The lowest BCUT2D eigenvalue weighted by molar-refractivity contribution is -0.126. The normalized spacial score (nSPS) is 22.3. The van der Waals surface area contributed by atoms with E-state index in [1.54, 1.807) is 6.07 Å². The molecule has 122 valence electrons. The first-order chi connectivity index (χ1) is 10.3. The van der Waals surface area contributed by atoms with Crippen molar-refractivity contribution >= 4 is 15.7 Å². The van der Waals surface area contributed by atoms with E-state index >= 15 is 0 Å². The van der Waals surface area contributed by atoms with Crippen molar-refractivity contribution in [1.29, 1.82) is 0 Å². The van der Waals surface area contributed by atoms with Gasteiger partial charge in [-0.2, -0.15) is 0 Å². The van der Waals surface area contributed by atoms with Gasteiger partial charge in [0.05, 0.1) is 5.75 Å². The van der Waals surface area contributed by atoms with Gasteiger partial charge in [-0.15, -0.1) is 0 Å². The largest absolute Gasteiger partial charge is 0.352 e. The van der Waals surface area contributed by atoms with Crippen LogP contribution in [0.25, 0.3) is 0 Å². The summed E-state index contributed by atoms with van der Waals surface area (Å²) in [4.78, 5) is 12.2. The molecule has 3 N–H and O–H groups in total. The van der Waals surface area contributed by atoms with Gasteiger partial charge in [-0.05, 0) is 30.4 Å². The highest BCUT2D eigenvalue weighted by atomic mass is 32.2. The molecule has 5 nitrogen and oxygen atoms in total. The van der Waals surface area contributed by atoms with Crippen LogP contribution < -0.4 is 11.1 Å². The topological polar surface area (TPSA) is 89.3 Å². The minimum absolute atomic E-state index is 0.00660. The Balaban J connectivity index is 1.98. The lowest BCUT2D eigenvalue weighted by atomic mass is 9.85. The fourth-order valence-corrected chi connectivity index (χ4v) is 3.79. The molecular weight excluding hydrogens is 300 g/mol. The van der Waals surface area contributed by atoms with Crippen LogP contribution in [-0.2, 0) is 26.9 Å². The predicted octanol–water partition coefficient (Wildman–Crippen LogP) is 1.36. The van der Waals surface area contributed by atoms with Gasteiger partial charge in [-0.1, -0.05) is 30.7 Å². The first kappa shape index (κ1) is 17.0. The number of hydrogen-bond acceptors (Lipinski definition) is 4. The zero-order valence-electron chi connectivity index (χ0n) is 12.9. The third-order valence-electron chi connectivity index (χ3n) is 4.07. The lowest BCUT2D eigenvalue weighted by Crippen LogP contribution is -2.37. The Bertz CT molecular complexity index is 628. The van der Waals surface area contributed by atoms with Crippen LogP contribution in [0.2, 0.25) is 0 Å². The van der Waals surface area contributed by atoms with Crippen LogP contribution in [-0.4, -0.2) is 26.6 Å². The van der Waals surface area contributed by atoms with Crippen LogP contribution in [0, 0.1) is 5.92 Å². The van der Waals surface area contributed by atoms with E-state index in [-0.39, 0.29) is 23.6 Å². The maximum absolute atomic E-state index is 12.2. The van der Waals surface area contributed by atoms with Crippen molar-refractivity contribution in [3.8, 4) is 0 Å². The molecule has 22 heavy (non-hydrogen) atoms. The van der Waals surface area contributed by atoms with Crippen molar-refractivity contribution in [2.75, 3.05) is 6.26 Å². The Morgan fingerprint density at radius 1 is 1.27 bits per heavy atom. The van der Waals surface area contributed by atoms with E-state index in [1.807, 2.05) is 18.2 Å². The molecule has 1 aliphatic carbocycles. The minimum Gasteiger partial charge on any atom is -0.352 e. The smallest absolute Gasteiger partial charge is 0.223 e. The SMILES string of the molecule is CS(=O)(=O)Cc1ccccc1CNC(=O)C1CCCC(N)C1. The van der Waals surface area contributed by atoms with Crippen molar-refractivity contribution in [1.82, 2.24) is 5.32 Å². The molecule has 1 aromatic carbocycles. The third kappa shape index (κ3) is 5.10. The van der Waals surface area contributed by atoms with Crippen LogP contribution in [0.4, 0.5) is 0 Å². The average Bonchev–Trinajstić information content (AvgIpc) is 2.44. The van der Waals surface area contributed by atoms with E-state index in [4.69, 9.17) is 5.73 Å². The molecule has 1 aliphatic rings. The molecule has 0 radical (unpaired) electrons. The summed E-state index contributed by atoms with van der Waals surface area (Å²) in [6, 6.07) is 7.42. The van der Waals surface area contributed by atoms with Crippen molar-refractivity contribution < 1.29 is 13.2 Å². The molecule has 0 heterocycles. The van der Waals surface area contributed by atoms with Crippen molar-refractivity contribution in [3.05, 3.63) is 35.4 Å². The van der Waals surface area contributed by atoms with Gasteiger partial charge in [0.15, 0.2) is 9.84 Å². The van der Waals surface area contributed by atoms with Crippen molar-refractivity contribution in [3.63, 3.8) is 0 Å². The van der Waals surface area contributed by atoms with Gasteiger partial charge in [-0.3, -0.25) is 4.79 Å². The van der Waals surface area contributed by atoms with E-state index in [0.29, 0.717) is 6.54 Å². The van der Waals surface area contributed by atoms with E-state index in [9.17, 15) is 13.2 Å². The van der Waals surface area contributed by atoms with E-state index in [2.05, 4.69) is 5.32 Å². The van der Waals surface area contributed by atoms with Crippen LogP contribution in [0.15, 0.2) is 24.3 Å². The fraction of sp³-hybridized carbons (Fsp3) is 0.562. The third-order valence-corrected chi connectivity index (χ3v) is 4.91.